The lowest BCUT2D eigenvalue weighted by Crippen LogP contribution is -2.44. The normalized spacial score (nSPS) is 15.9. The number of carbonyl (C=O) groups excluding carboxylic acids is 1. The standard InChI is InChI=1S/C15H25N5O/c1-4-7-16-15-17-10-11(2)14(19-15)20-8-5-13(6-9-20)18-12(3)21/h10,13H,4-9H2,1-3H3,(H,18,21)(H,16,17,19). The molecule has 1 aliphatic rings. The quantitative estimate of drug-likeness (QED) is 0.864. The van der Waals surface area contributed by atoms with Crippen molar-refractivity contribution in [3.05, 3.63) is 11.8 Å². The lowest BCUT2D eigenvalue weighted by molar-refractivity contribution is -0.119. The summed E-state index contributed by atoms with van der Waals surface area (Å²) in [6.07, 6.45) is 4.84. The zero-order valence-electron chi connectivity index (χ0n) is 13.1. The molecule has 2 heterocycles. The van der Waals surface area contributed by atoms with Crippen molar-refractivity contribution >= 4 is 17.7 Å². The van der Waals surface area contributed by atoms with E-state index >= 15 is 0 Å². The third-order valence-corrected chi connectivity index (χ3v) is 3.68. The van der Waals surface area contributed by atoms with E-state index in [-0.39, 0.29) is 5.91 Å². The van der Waals surface area contributed by atoms with E-state index in [1.165, 1.54) is 0 Å². The number of anilines is 2. The number of nitrogens with one attached hydrogen (secondary N) is 2. The molecular formula is C15H25N5O. The van der Waals surface area contributed by atoms with Crippen LogP contribution in [0.1, 0.15) is 38.7 Å². The van der Waals surface area contributed by atoms with E-state index < -0.39 is 0 Å². The summed E-state index contributed by atoms with van der Waals surface area (Å²) in [6, 6.07) is 0.290. The van der Waals surface area contributed by atoms with Gasteiger partial charge < -0.3 is 15.5 Å². The topological polar surface area (TPSA) is 70.2 Å². The van der Waals surface area contributed by atoms with Crippen LogP contribution in [-0.4, -0.2) is 41.6 Å². The monoisotopic (exact) mass is 291 g/mol. The minimum atomic E-state index is 0.0534. The van der Waals surface area contributed by atoms with Crippen molar-refractivity contribution in [2.75, 3.05) is 29.9 Å². The molecule has 1 aromatic rings. The van der Waals surface area contributed by atoms with Gasteiger partial charge in [-0.2, -0.15) is 4.98 Å². The van der Waals surface area contributed by atoms with Crippen molar-refractivity contribution in [2.45, 2.75) is 46.1 Å². The van der Waals surface area contributed by atoms with Crippen LogP contribution in [0.2, 0.25) is 0 Å². The van der Waals surface area contributed by atoms with Crippen LogP contribution < -0.4 is 15.5 Å². The lowest BCUT2D eigenvalue weighted by atomic mass is 10.0. The number of amides is 1. The number of nitrogens with zero attached hydrogens (tertiary/aromatic N) is 3. The lowest BCUT2D eigenvalue weighted by Gasteiger charge is -2.33. The Bertz CT molecular complexity index is 483. The van der Waals surface area contributed by atoms with Gasteiger partial charge in [0.05, 0.1) is 0 Å². The van der Waals surface area contributed by atoms with Gasteiger partial charge in [-0.05, 0) is 26.2 Å². The van der Waals surface area contributed by atoms with Crippen LogP contribution in [0.3, 0.4) is 0 Å². The summed E-state index contributed by atoms with van der Waals surface area (Å²) >= 11 is 0. The summed E-state index contributed by atoms with van der Waals surface area (Å²) in [6.45, 7) is 8.44. The molecule has 116 valence electrons. The summed E-state index contributed by atoms with van der Waals surface area (Å²) in [5.41, 5.74) is 1.09. The Balaban J connectivity index is 2.00. The van der Waals surface area contributed by atoms with Gasteiger partial charge in [-0.25, -0.2) is 4.98 Å². The van der Waals surface area contributed by atoms with Gasteiger partial charge >= 0.3 is 0 Å². The van der Waals surface area contributed by atoms with Crippen LogP contribution in [0, 0.1) is 6.92 Å². The Hall–Kier alpha value is -1.85. The highest BCUT2D eigenvalue weighted by Crippen LogP contribution is 2.22. The van der Waals surface area contributed by atoms with Gasteiger partial charge in [0.2, 0.25) is 11.9 Å². The smallest absolute Gasteiger partial charge is 0.224 e. The van der Waals surface area contributed by atoms with Crippen LogP contribution >= 0.6 is 0 Å². The van der Waals surface area contributed by atoms with Crippen LogP contribution in [-0.2, 0) is 4.79 Å². The Morgan fingerprint density at radius 2 is 2.14 bits per heavy atom. The Kier molecular flexibility index (Phi) is 5.36. The minimum Gasteiger partial charge on any atom is -0.356 e. The number of aryl methyl sites for hydroxylation is 1. The molecular weight excluding hydrogens is 266 g/mol. The molecule has 0 atom stereocenters. The predicted molar refractivity (Wildman–Crippen MR) is 84.6 cm³/mol. The molecule has 21 heavy (non-hydrogen) atoms. The van der Waals surface area contributed by atoms with Crippen LogP contribution in [0.25, 0.3) is 0 Å². The number of hydrogen-bond acceptors (Lipinski definition) is 5. The van der Waals surface area contributed by atoms with Crippen molar-refractivity contribution in [3.8, 4) is 0 Å². The molecule has 0 bridgehead atoms. The SMILES string of the molecule is CCCNc1ncc(C)c(N2CCC(NC(C)=O)CC2)n1. The van der Waals surface area contributed by atoms with E-state index in [4.69, 9.17) is 0 Å². The number of rotatable bonds is 5. The molecule has 0 aromatic carbocycles. The van der Waals surface area contributed by atoms with E-state index in [0.29, 0.717) is 12.0 Å². The fourth-order valence-corrected chi connectivity index (χ4v) is 2.60. The second-order valence-electron chi connectivity index (χ2n) is 5.59. The second kappa shape index (κ2) is 7.24. The first-order chi connectivity index (χ1) is 10.1. The van der Waals surface area contributed by atoms with Gasteiger partial charge in [0.15, 0.2) is 0 Å². The molecule has 1 amide bonds. The maximum absolute atomic E-state index is 11.1. The highest BCUT2D eigenvalue weighted by atomic mass is 16.1. The summed E-state index contributed by atoms with van der Waals surface area (Å²) < 4.78 is 0. The second-order valence-corrected chi connectivity index (χ2v) is 5.59. The maximum Gasteiger partial charge on any atom is 0.224 e. The van der Waals surface area contributed by atoms with Crippen molar-refractivity contribution < 1.29 is 4.79 Å². The summed E-state index contributed by atoms with van der Waals surface area (Å²) in [7, 11) is 0. The van der Waals surface area contributed by atoms with Crippen LogP contribution in [0.15, 0.2) is 6.20 Å². The van der Waals surface area contributed by atoms with Crippen molar-refractivity contribution in [1.82, 2.24) is 15.3 Å². The van der Waals surface area contributed by atoms with E-state index in [9.17, 15) is 4.79 Å². The Labute approximate surface area is 126 Å². The molecule has 1 aliphatic heterocycles. The molecule has 2 N–H and O–H groups in total. The number of piperidine rings is 1. The first kappa shape index (κ1) is 15.5. The van der Waals surface area contributed by atoms with Crippen LogP contribution in [0.5, 0.6) is 0 Å². The van der Waals surface area contributed by atoms with E-state index in [2.05, 4.69) is 32.4 Å². The third kappa shape index (κ3) is 4.31. The highest BCUT2D eigenvalue weighted by Gasteiger charge is 2.22. The number of hydrogen-bond donors (Lipinski definition) is 2. The molecule has 0 saturated carbocycles. The van der Waals surface area contributed by atoms with Gasteiger partial charge in [-0.3, -0.25) is 4.79 Å². The fourth-order valence-electron chi connectivity index (χ4n) is 2.60. The van der Waals surface area contributed by atoms with Crippen LogP contribution in [0.4, 0.5) is 11.8 Å². The first-order valence-electron chi connectivity index (χ1n) is 7.69. The predicted octanol–water partition coefficient (Wildman–Crippen LogP) is 1.71. The molecule has 1 saturated heterocycles. The van der Waals surface area contributed by atoms with E-state index in [1.54, 1.807) is 6.92 Å². The molecule has 6 nitrogen and oxygen atoms in total. The summed E-state index contributed by atoms with van der Waals surface area (Å²) in [5, 5.41) is 6.23. The highest BCUT2D eigenvalue weighted by molar-refractivity contribution is 5.73. The molecule has 1 fully saturated rings. The fraction of sp³-hybridized carbons (Fsp3) is 0.667. The number of carbonyl (C=O) groups is 1. The van der Waals surface area contributed by atoms with Gasteiger partial charge in [0.1, 0.15) is 5.82 Å². The van der Waals surface area contributed by atoms with Crippen molar-refractivity contribution in [1.29, 1.82) is 0 Å². The average Bonchev–Trinajstić information content (AvgIpc) is 2.47. The third-order valence-electron chi connectivity index (χ3n) is 3.68. The summed E-state index contributed by atoms with van der Waals surface area (Å²) in [4.78, 5) is 22.3. The largest absolute Gasteiger partial charge is 0.356 e. The molecule has 1 aromatic heterocycles. The Morgan fingerprint density at radius 3 is 2.76 bits per heavy atom. The minimum absolute atomic E-state index is 0.0534. The zero-order chi connectivity index (χ0) is 15.2. The first-order valence-corrected chi connectivity index (χ1v) is 7.69. The van der Waals surface area contributed by atoms with Gasteiger partial charge in [-0.1, -0.05) is 6.92 Å². The van der Waals surface area contributed by atoms with E-state index in [0.717, 1.165) is 50.3 Å². The number of aromatic nitrogens is 2. The van der Waals surface area contributed by atoms with Gasteiger partial charge in [-0.15, -0.1) is 0 Å². The van der Waals surface area contributed by atoms with E-state index in [1.807, 2.05) is 13.1 Å². The molecule has 0 spiro atoms. The molecule has 0 radical (unpaired) electrons. The van der Waals surface area contributed by atoms with Gasteiger partial charge in [0.25, 0.3) is 0 Å². The molecule has 6 heteroatoms. The van der Waals surface area contributed by atoms with Gasteiger partial charge in [0, 0.05) is 44.4 Å². The average molecular weight is 291 g/mol. The summed E-state index contributed by atoms with van der Waals surface area (Å²) in [5.74, 6) is 1.75. The van der Waals surface area contributed by atoms with Crippen molar-refractivity contribution in [2.24, 2.45) is 0 Å². The zero-order valence-corrected chi connectivity index (χ0v) is 13.1. The Morgan fingerprint density at radius 1 is 1.43 bits per heavy atom. The molecule has 0 aliphatic carbocycles. The molecule has 2 rings (SSSR count). The molecule has 0 unspecified atom stereocenters. The maximum atomic E-state index is 11.1. The van der Waals surface area contributed by atoms with Crippen molar-refractivity contribution in [3.63, 3.8) is 0 Å².